The standard InChI is InChI=1S/C13H19N5/c1-18-9-17-12-11(18)5-8-16-13(12)15-7-4-10-3-2-6-14-10/h5,8-10,14H,2-4,6-7H2,1H3,(H,15,16)/t10-/m1/s1. The number of hydrogen-bond acceptors (Lipinski definition) is 4. The Hall–Kier alpha value is -1.62. The molecular weight excluding hydrogens is 226 g/mol. The number of aryl methyl sites for hydroxylation is 1. The summed E-state index contributed by atoms with van der Waals surface area (Å²) < 4.78 is 2.01. The van der Waals surface area contributed by atoms with Gasteiger partial charge in [0.2, 0.25) is 0 Å². The fourth-order valence-electron chi connectivity index (χ4n) is 2.56. The maximum Gasteiger partial charge on any atom is 0.154 e. The molecule has 1 atom stereocenters. The first-order chi connectivity index (χ1) is 8.84. The quantitative estimate of drug-likeness (QED) is 0.857. The van der Waals surface area contributed by atoms with Gasteiger partial charge in [-0.2, -0.15) is 0 Å². The fraction of sp³-hybridized carbons (Fsp3) is 0.538. The zero-order valence-corrected chi connectivity index (χ0v) is 10.7. The van der Waals surface area contributed by atoms with Crippen molar-refractivity contribution in [1.29, 1.82) is 0 Å². The van der Waals surface area contributed by atoms with Crippen LogP contribution in [0.2, 0.25) is 0 Å². The minimum absolute atomic E-state index is 0.667. The molecule has 5 nitrogen and oxygen atoms in total. The second kappa shape index (κ2) is 4.94. The molecule has 2 aromatic rings. The van der Waals surface area contributed by atoms with Crippen LogP contribution in [0, 0.1) is 0 Å². The summed E-state index contributed by atoms with van der Waals surface area (Å²) in [4.78, 5) is 8.77. The number of aromatic nitrogens is 3. The molecule has 1 fully saturated rings. The van der Waals surface area contributed by atoms with Gasteiger partial charge in [0.1, 0.15) is 5.52 Å². The largest absolute Gasteiger partial charge is 0.368 e. The number of fused-ring (bicyclic) bond motifs is 1. The highest BCUT2D eigenvalue weighted by molar-refractivity contribution is 5.85. The second-order valence-corrected chi connectivity index (χ2v) is 4.89. The predicted octanol–water partition coefficient (Wildman–Crippen LogP) is 1.52. The summed E-state index contributed by atoms with van der Waals surface area (Å²) in [6.07, 6.45) is 7.41. The van der Waals surface area contributed by atoms with Crippen LogP contribution in [-0.2, 0) is 7.05 Å². The summed E-state index contributed by atoms with van der Waals surface area (Å²) in [5.74, 6) is 0.895. The van der Waals surface area contributed by atoms with Crippen molar-refractivity contribution in [1.82, 2.24) is 19.9 Å². The third kappa shape index (κ3) is 2.18. The van der Waals surface area contributed by atoms with E-state index in [4.69, 9.17) is 0 Å². The maximum atomic E-state index is 4.39. The van der Waals surface area contributed by atoms with Gasteiger partial charge in [-0.05, 0) is 31.9 Å². The van der Waals surface area contributed by atoms with Crippen molar-refractivity contribution in [2.45, 2.75) is 25.3 Å². The van der Waals surface area contributed by atoms with Crippen molar-refractivity contribution >= 4 is 16.9 Å². The molecule has 0 spiro atoms. The minimum Gasteiger partial charge on any atom is -0.368 e. The average Bonchev–Trinajstić information content (AvgIpc) is 3.01. The molecule has 96 valence electrons. The maximum absolute atomic E-state index is 4.39. The highest BCUT2D eigenvalue weighted by Crippen LogP contribution is 2.18. The molecule has 0 bridgehead atoms. The molecule has 0 amide bonds. The van der Waals surface area contributed by atoms with E-state index in [-0.39, 0.29) is 0 Å². The monoisotopic (exact) mass is 245 g/mol. The van der Waals surface area contributed by atoms with Crippen molar-refractivity contribution < 1.29 is 0 Å². The van der Waals surface area contributed by atoms with E-state index in [9.17, 15) is 0 Å². The number of hydrogen-bond donors (Lipinski definition) is 2. The molecule has 0 aromatic carbocycles. The summed E-state index contributed by atoms with van der Waals surface area (Å²) in [7, 11) is 2.00. The number of nitrogens with one attached hydrogen (secondary N) is 2. The number of imidazole rings is 1. The van der Waals surface area contributed by atoms with E-state index in [1.54, 1.807) is 0 Å². The lowest BCUT2D eigenvalue weighted by atomic mass is 10.1. The molecule has 0 aliphatic carbocycles. The Bertz CT molecular complexity index is 527. The normalized spacial score (nSPS) is 19.5. The molecule has 2 N–H and O–H groups in total. The van der Waals surface area contributed by atoms with Crippen molar-refractivity contribution in [3.8, 4) is 0 Å². The molecule has 3 rings (SSSR count). The van der Waals surface area contributed by atoms with Gasteiger partial charge in [0.25, 0.3) is 0 Å². The van der Waals surface area contributed by atoms with Gasteiger partial charge in [-0.1, -0.05) is 0 Å². The molecule has 3 heterocycles. The summed E-state index contributed by atoms with van der Waals surface area (Å²) in [6, 6.07) is 2.66. The molecular formula is C13H19N5. The lowest BCUT2D eigenvalue weighted by Crippen LogP contribution is -2.24. The Morgan fingerprint density at radius 2 is 2.44 bits per heavy atom. The summed E-state index contributed by atoms with van der Waals surface area (Å²) in [6.45, 7) is 2.11. The highest BCUT2D eigenvalue weighted by Gasteiger charge is 2.13. The Labute approximate surface area is 107 Å². The Morgan fingerprint density at radius 3 is 3.28 bits per heavy atom. The van der Waals surface area contributed by atoms with Crippen LogP contribution in [0.1, 0.15) is 19.3 Å². The Kier molecular flexibility index (Phi) is 3.15. The third-order valence-electron chi connectivity index (χ3n) is 3.59. The van der Waals surface area contributed by atoms with E-state index in [0.717, 1.165) is 29.8 Å². The van der Waals surface area contributed by atoms with E-state index in [0.29, 0.717) is 6.04 Å². The lowest BCUT2D eigenvalue weighted by molar-refractivity contribution is 0.574. The van der Waals surface area contributed by atoms with Gasteiger partial charge in [-0.15, -0.1) is 0 Å². The predicted molar refractivity (Wildman–Crippen MR) is 72.6 cm³/mol. The summed E-state index contributed by atoms with van der Waals surface area (Å²) >= 11 is 0. The minimum atomic E-state index is 0.667. The number of rotatable bonds is 4. The fourth-order valence-corrected chi connectivity index (χ4v) is 2.56. The van der Waals surface area contributed by atoms with Gasteiger partial charge in [-0.25, -0.2) is 9.97 Å². The molecule has 5 heteroatoms. The highest BCUT2D eigenvalue weighted by atomic mass is 15.1. The first-order valence-electron chi connectivity index (χ1n) is 6.58. The molecule has 1 saturated heterocycles. The second-order valence-electron chi connectivity index (χ2n) is 4.89. The molecule has 2 aromatic heterocycles. The molecule has 18 heavy (non-hydrogen) atoms. The van der Waals surface area contributed by atoms with Gasteiger partial charge in [0.05, 0.1) is 11.8 Å². The zero-order valence-electron chi connectivity index (χ0n) is 10.7. The van der Waals surface area contributed by atoms with E-state index in [1.165, 1.54) is 19.4 Å². The van der Waals surface area contributed by atoms with Crippen LogP contribution >= 0.6 is 0 Å². The van der Waals surface area contributed by atoms with Crippen molar-refractivity contribution in [2.75, 3.05) is 18.4 Å². The number of anilines is 1. The molecule has 1 aliphatic rings. The number of nitrogens with zero attached hydrogens (tertiary/aromatic N) is 3. The first-order valence-corrected chi connectivity index (χ1v) is 6.58. The van der Waals surface area contributed by atoms with Crippen molar-refractivity contribution in [3.63, 3.8) is 0 Å². The smallest absolute Gasteiger partial charge is 0.154 e. The SMILES string of the molecule is Cn1cnc2c(NCC[C@H]3CCCN3)nccc21. The van der Waals surface area contributed by atoms with E-state index >= 15 is 0 Å². The van der Waals surface area contributed by atoms with Crippen LogP contribution in [0.5, 0.6) is 0 Å². The number of pyridine rings is 1. The van der Waals surface area contributed by atoms with Crippen molar-refractivity contribution in [2.24, 2.45) is 7.05 Å². The van der Waals surface area contributed by atoms with Crippen molar-refractivity contribution in [3.05, 3.63) is 18.6 Å². The van der Waals surface area contributed by atoms with Gasteiger partial charge in [0, 0.05) is 25.8 Å². The van der Waals surface area contributed by atoms with Crippen LogP contribution in [0.25, 0.3) is 11.0 Å². The van der Waals surface area contributed by atoms with Crippen LogP contribution in [0.4, 0.5) is 5.82 Å². The first kappa shape index (κ1) is 11.5. The van der Waals surface area contributed by atoms with E-state index in [1.807, 2.05) is 30.2 Å². The van der Waals surface area contributed by atoms with Gasteiger partial charge in [-0.3, -0.25) is 0 Å². The Morgan fingerprint density at radius 1 is 1.50 bits per heavy atom. The summed E-state index contributed by atoms with van der Waals surface area (Å²) in [5, 5.41) is 6.90. The molecule has 0 radical (unpaired) electrons. The Balaban J connectivity index is 1.66. The molecule has 0 saturated carbocycles. The van der Waals surface area contributed by atoms with E-state index < -0.39 is 0 Å². The molecule has 0 unspecified atom stereocenters. The zero-order chi connectivity index (χ0) is 12.4. The average molecular weight is 245 g/mol. The van der Waals surface area contributed by atoms with Crippen LogP contribution < -0.4 is 10.6 Å². The van der Waals surface area contributed by atoms with Crippen LogP contribution in [0.3, 0.4) is 0 Å². The van der Waals surface area contributed by atoms with Gasteiger partial charge < -0.3 is 15.2 Å². The van der Waals surface area contributed by atoms with E-state index in [2.05, 4.69) is 20.6 Å². The molecule has 1 aliphatic heterocycles. The lowest BCUT2D eigenvalue weighted by Gasteiger charge is -2.11. The van der Waals surface area contributed by atoms with Crippen LogP contribution in [0.15, 0.2) is 18.6 Å². The topological polar surface area (TPSA) is 54.8 Å². The summed E-state index contributed by atoms with van der Waals surface area (Å²) in [5.41, 5.74) is 2.07. The van der Waals surface area contributed by atoms with Gasteiger partial charge >= 0.3 is 0 Å². The third-order valence-corrected chi connectivity index (χ3v) is 3.59. The van der Waals surface area contributed by atoms with Gasteiger partial charge in [0.15, 0.2) is 5.82 Å². The van der Waals surface area contributed by atoms with Crippen LogP contribution in [-0.4, -0.2) is 33.7 Å².